The second-order valence-corrected chi connectivity index (χ2v) is 9.47. The maximum atomic E-state index is 13.1. The highest BCUT2D eigenvalue weighted by Gasteiger charge is 2.48. The summed E-state index contributed by atoms with van der Waals surface area (Å²) < 4.78 is 68.5. The van der Waals surface area contributed by atoms with Crippen molar-refractivity contribution in [3.05, 3.63) is 60.0 Å². The van der Waals surface area contributed by atoms with Gasteiger partial charge in [0.2, 0.25) is 11.7 Å². The molecule has 0 amide bonds. The molecule has 1 saturated heterocycles. The van der Waals surface area contributed by atoms with Crippen LogP contribution in [0.4, 0.5) is 18.9 Å². The fourth-order valence-electron chi connectivity index (χ4n) is 3.55. The molecule has 1 aromatic heterocycles. The topological polar surface area (TPSA) is 79.5 Å². The van der Waals surface area contributed by atoms with Crippen LogP contribution in [0.5, 0.6) is 0 Å². The van der Waals surface area contributed by atoms with Crippen LogP contribution in [0.15, 0.2) is 57.9 Å². The number of benzene rings is 2. The maximum absolute atomic E-state index is 13.1. The number of para-hydroxylation sites is 1. The van der Waals surface area contributed by atoms with Crippen LogP contribution in [0.3, 0.4) is 0 Å². The quantitative estimate of drug-likeness (QED) is 0.568. The van der Waals surface area contributed by atoms with Crippen LogP contribution < -0.4 is 4.90 Å². The van der Waals surface area contributed by atoms with Gasteiger partial charge in [0.15, 0.2) is 0 Å². The van der Waals surface area contributed by atoms with Crippen LogP contribution in [-0.2, 0) is 16.4 Å². The predicted molar refractivity (Wildman–Crippen MR) is 112 cm³/mol. The molecule has 4 rings (SSSR count). The highest BCUT2D eigenvalue weighted by Crippen LogP contribution is 2.36. The lowest BCUT2D eigenvalue weighted by Gasteiger charge is -2.36. The molecule has 0 saturated carbocycles. The summed E-state index contributed by atoms with van der Waals surface area (Å²) in [5.41, 5.74) is -3.32. The van der Waals surface area contributed by atoms with E-state index in [0.29, 0.717) is 44.4 Å². The number of rotatable bonds is 5. The second-order valence-electron chi connectivity index (χ2n) is 7.56. The van der Waals surface area contributed by atoms with E-state index in [-0.39, 0.29) is 5.69 Å². The number of piperazine rings is 1. The standard InChI is InChI=1S/C21H21F3N4O3S/c1-15-6-8-16(9-7-15)20-25-19(31-26-20)14-27-10-12-28(13-11-27)17-4-2-3-5-18(17)32(29,30)21(22,23)24/h2-9H,10-14H2,1H3. The van der Waals surface area contributed by atoms with Crippen LogP contribution in [0.1, 0.15) is 11.5 Å². The number of hydrogen-bond acceptors (Lipinski definition) is 7. The number of anilines is 1. The Balaban J connectivity index is 1.42. The number of nitrogens with zero attached hydrogens (tertiary/aromatic N) is 4. The summed E-state index contributed by atoms with van der Waals surface area (Å²) in [6.07, 6.45) is 0. The number of halogens is 3. The van der Waals surface area contributed by atoms with Gasteiger partial charge in [0, 0.05) is 31.7 Å². The third-order valence-corrected chi connectivity index (χ3v) is 6.84. The third kappa shape index (κ3) is 4.49. The van der Waals surface area contributed by atoms with Crippen molar-refractivity contribution in [1.82, 2.24) is 15.0 Å². The summed E-state index contributed by atoms with van der Waals surface area (Å²) in [5, 5.41) is 4.01. The van der Waals surface area contributed by atoms with E-state index in [9.17, 15) is 21.6 Å². The molecule has 11 heteroatoms. The molecule has 0 atom stereocenters. The largest absolute Gasteiger partial charge is 0.501 e. The molecular formula is C21H21F3N4O3S. The summed E-state index contributed by atoms with van der Waals surface area (Å²) >= 11 is 0. The molecule has 2 aromatic carbocycles. The van der Waals surface area contributed by atoms with Crippen LogP contribution in [0, 0.1) is 6.92 Å². The molecule has 0 radical (unpaired) electrons. The molecule has 1 aliphatic heterocycles. The third-order valence-electron chi connectivity index (χ3n) is 5.31. The van der Waals surface area contributed by atoms with E-state index in [1.807, 2.05) is 36.1 Å². The van der Waals surface area contributed by atoms with E-state index in [0.717, 1.165) is 17.2 Å². The first-order valence-corrected chi connectivity index (χ1v) is 11.4. The van der Waals surface area contributed by atoms with E-state index in [4.69, 9.17) is 4.52 Å². The van der Waals surface area contributed by atoms with Crippen molar-refractivity contribution < 1.29 is 26.1 Å². The molecule has 0 bridgehead atoms. The Kier molecular flexibility index (Phi) is 5.95. The first-order valence-electron chi connectivity index (χ1n) is 9.92. The fraction of sp³-hybridized carbons (Fsp3) is 0.333. The van der Waals surface area contributed by atoms with Crippen LogP contribution >= 0.6 is 0 Å². The van der Waals surface area contributed by atoms with Gasteiger partial charge in [0.1, 0.15) is 0 Å². The maximum Gasteiger partial charge on any atom is 0.501 e. The molecule has 0 unspecified atom stereocenters. The lowest BCUT2D eigenvalue weighted by atomic mass is 10.1. The Bertz CT molecular complexity index is 1190. The Hall–Kier alpha value is -2.92. The fourth-order valence-corrected chi connectivity index (χ4v) is 4.53. The van der Waals surface area contributed by atoms with Gasteiger partial charge in [0.25, 0.3) is 9.84 Å². The normalized spacial score (nSPS) is 15.8. The van der Waals surface area contributed by atoms with E-state index < -0.39 is 20.2 Å². The average Bonchev–Trinajstić information content (AvgIpc) is 3.22. The van der Waals surface area contributed by atoms with Crippen molar-refractivity contribution >= 4 is 15.5 Å². The molecule has 170 valence electrons. The molecule has 0 N–H and O–H groups in total. The molecule has 2 heterocycles. The molecule has 32 heavy (non-hydrogen) atoms. The number of hydrogen-bond donors (Lipinski definition) is 0. The molecular weight excluding hydrogens is 445 g/mol. The van der Waals surface area contributed by atoms with Crippen molar-refractivity contribution in [2.75, 3.05) is 31.1 Å². The Morgan fingerprint density at radius 2 is 1.66 bits per heavy atom. The van der Waals surface area contributed by atoms with Crippen LogP contribution in [0.2, 0.25) is 0 Å². The van der Waals surface area contributed by atoms with Crippen molar-refractivity contribution in [2.24, 2.45) is 0 Å². The first-order chi connectivity index (χ1) is 15.1. The smallest absolute Gasteiger partial charge is 0.368 e. The molecule has 0 spiro atoms. The van der Waals surface area contributed by atoms with E-state index in [2.05, 4.69) is 10.1 Å². The average molecular weight is 466 g/mol. The summed E-state index contributed by atoms with van der Waals surface area (Å²) in [6.45, 7) is 4.12. The van der Waals surface area contributed by atoms with Crippen LogP contribution in [-0.4, -0.2) is 55.1 Å². The zero-order valence-electron chi connectivity index (χ0n) is 17.2. The SMILES string of the molecule is Cc1ccc(-c2noc(CN3CCN(c4ccccc4S(=O)(=O)C(F)(F)F)CC3)n2)cc1. The van der Waals surface area contributed by atoms with Crippen molar-refractivity contribution in [1.29, 1.82) is 0 Å². The number of aromatic nitrogens is 2. The van der Waals surface area contributed by atoms with Gasteiger partial charge < -0.3 is 9.42 Å². The highest BCUT2D eigenvalue weighted by atomic mass is 32.2. The van der Waals surface area contributed by atoms with Gasteiger partial charge in [-0.1, -0.05) is 47.1 Å². The Labute approximate surface area is 183 Å². The summed E-state index contributed by atoms with van der Waals surface area (Å²) in [6, 6.07) is 13.0. The lowest BCUT2D eigenvalue weighted by Crippen LogP contribution is -2.46. The second kappa shape index (κ2) is 8.55. The molecule has 3 aromatic rings. The van der Waals surface area contributed by atoms with Crippen molar-refractivity contribution in [3.63, 3.8) is 0 Å². The van der Waals surface area contributed by atoms with Gasteiger partial charge in [-0.15, -0.1) is 0 Å². The minimum absolute atomic E-state index is 0.0592. The molecule has 1 fully saturated rings. The van der Waals surface area contributed by atoms with E-state index in [1.165, 1.54) is 18.2 Å². The van der Waals surface area contributed by atoms with Crippen LogP contribution in [0.25, 0.3) is 11.4 Å². The highest BCUT2D eigenvalue weighted by molar-refractivity contribution is 7.92. The van der Waals surface area contributed by atoms with Crippen molar-refractivity contribution in [3.8, 4) is 11.4 Å². The summed E-state index contributed by atoms with van der Waals surface area (Å²) in [4.78, 5) is 7.38. The van der Waals surface area contributed by atoms with Gasteiger partial charge in [-0.25, -0.2) is 8.42 Å². The van der Waals surface area contributed by atoms with Gasteiger partial charge in [-0.2, -0.15) is 18.2 Å². The van der Waals surface area contributed by atoms with Crippen molar-refractivity contribution in [2.45, 2.75) is 23.9 Å². The summed E-state index contributed by atoms with van der Waals surface area (Å²) in [5.74, 6) is 0.930. The van der Waals surface area contributed by atoms with E-state index >= 15 is 0 Å². The minimum atomic E-state index is -5.43. The zero-order chi connectivity index (χ0) is 22.9. The zero-order valence-corrected chi connectivity index (χ0v) is 18.0. The predicted octanol–water partition coefficient (Wildman–Crippen LogP) is 3.66. The van der Waals surface area contributed by atoms with Gasteiger partial charge in [-0.05, 0) is 19.1 Å². The molecule has 0 aliphatic carbocycles. The van der Waals surface area contributed by atoms with E-state index in [1.54, 1.807) is 4.90 Å². The van der Waals surface area contributed by atoms with Gasteiger partial charge >= 0.3 is 5.51 Å². The lowest BCUT2D eigenvalue weighted by molar-refractivity contribution is -0.0435. The number of sulfone groups is 1. The first kappa shape index (κ1) is 22.3. The number of aryl methyl sites for hydroxylation is 1. The monoisotopic (exact) mass is 466 g/mol. The van der Waals surface area contributed by atoms with Gasteiger partial charge in [-0.3, -0.25) is 4.90 Å². The molecule has 7 nitrogen and oxygen atoms in total. The summed E-state index contributed by atoms with van der Waals surface area (Å²) in [7, 11) is -5.43. The molecule has 1 aliphatic rings. The Morgan fingerprint density at radius 3 is 2.31 bits per heavy atom. The number of alkyl halides is 3. The van der Waals surface area contributed by atoms with Gasteiger partial charge in [0.05, 0.1) is 17.1 Å². The minimum Gasteiger partial charge on any atom is -0.368 e. The Morgan fingerprint density at radius 1 is 1.00 bits per heavy atom.